The van der Waals surface area contributed by atoms with Gasteiger partial charge in [0.2, 0.25) is 0 Å². The number of nitrogen functional groups attached to an aromatic ring is 1. The summed E-state index contributed by atoms with van der Waals surface area (Å²) in [6.45, 7) is 17.2. The molecule has 0 spiro atoms. The number of fused-ring (bicyclic) bond motifs is 8. The smallest absolute Gasteiger partial charge is 0.310 e. The monoisotopic (exact) mass is 570 g/mol. The first-order valence-corrected chi connectivity index (χ1v) is 16.3. The van der Waals surface area contributed by atoms with Crippen LogP contribution in [-0.4, -0.2) is 26.3 Å². The van der Waals surface area contributed by atoms with Crippen molar-refractivity contribution in [2.75, 3.05) is 5.73 Å². The fourth-order valence-corrected chi connectivity index (χ4v) is 12.0. The first-order chi connectivity index (χ1) is 19.6. The second-order valence-electron chi connectivity index (χ2n) is 17.0. The second kappa shape index (κ2) is 8.51. The summed E-state index contributed by atoms with van der Waals surface area (Å²) in [4.78, 5) is 17.9. The molecule has 3 saturated carbocycles. The van der Waals surface area contributed by atoms with Gasteiger partial charge in [0, 0.05) is 23.4 Å². The van der Waals surface area contributed by atoms with Gasteiger partial charge in [-0.3, -0.25) is 14.9 Å². The lowest BCUT2D eigenvalue weighted by atomic mass is 9.33. The second-order valence-corrected chi connectivity index (χ2v) is 17.0. The van der Waals surface area contributed by atoms with Crippen LogP contribution in [0.1, 0.15) is 117 Å². The van der Waals surface area contributed by atoms with Crippen LogP contribution >= 0.6 is 0 Å². The van der Waals surface area contributed by atoms with E-state index in [1.165, 1.54) is 22.3 Å². The Hall–Kier alpha value is -2.63. The van der Waals surface area contributed by atoms with Crippen LogP contribution in [0.15, 0.2) is 30.1 Å². The van der Waals surface area contributed by atoms with Gasteiger partial charge < -0.3 is 10.8 Å². The lowest BCUT2D eigenvalue weighted by Crippen LogP contribution is -2.65. The predicted octanol–water partition coefficient (Wildman–Crippen LogP) is 7.81. The molecule has 2 aromatic heterocycles. The van der Waals surface area contributed by atoms with Crippen LogP contribution in [0.3, 0.4) is 0 Å². The van der Waals surface area contributed by atoms with Crippen molar-refractivity contribution in [2.24, 2.45) is 44.8 Å². The first-order valence-electron chi connectivity index (χ1n) is 16.3. The molecular formula is C36H50N4O2. The number of carboxylic acids is 1. The molecule has 7 rings (SSSR count). The SMILES string of the molecule is CC1(C)CCC2(C(=O)O)CCC3(C)C(=C(c4cccnc4)CC4C5(C)Cc6c(n[nH]c6N)C(C)(C)C5CCC43C)C2C1. The average molecular weight is 571 g/mol. The molecule has 2 aromatic rings. The standard InChI is InChI=1S/C36H50N4O2/c1-31(2)12-14-36(30(41)42)15-13-35(7)27(24(36)19-31)22(21-9-8-16-38-20-21)17-26-33(5)18-23-28(39-40-29(23)37)32(3,4)25(33)10-11-34(26,35)6/h8-9,16,20,24-26H,10-15,17-19H2,1-7H3,(H,41,42)(H3,37,39,40). The van der Waals surface area contributed by atoms with Gasteiger partial charge in [-0.2, -0.15) is 5.10 Å². The Kier molecular flexibility index (Phi) is 5.70. The lowest BCUT2D eigenvalue weighted by Gasteiger charge is -2.71. The molecule has 4 N–H and O–H groups in total. The fourth-order valence-electron chi connectivity index (χ4n) is 12.0. The van der Waals surface area contributed by atoms with E-state index in [-0.39, 0.29) is 33.0 Å². The van der Waals surface area contributed by atoms with E-state index in [1.807, 2.05) is 12.4 Å². The van der Waals surface area contributed by atoms with Gasteiger partial charge in [0.25, 0.3) is 0 Å². The number of carbonyl (C=O) groups is 1. The number of pyridine rings is 1. The highest BCUT2D eigenvalue weighted by Crippen LogP contribution is 2.77. The molecule has 7 atom stereocenters. The van der Waals surface area contributed by atoms with E-state index in [0.29, 0.717) is 11.8 Å². The Morgan fingerprint density at radius 1 is 1.02 bits per heavy atom. The number of H-pyrrole nitrogens is 1. The zero-order valence-corrected chi connectivity index (χ0v) is 26.7. The van der Waals surface area contributed by atoms with E-state index < -0.39 is 11.4 Å². The minimum Gasteiger partial charge on any atom is -0.481 e. The number of hydrogen-bond donors (Lipinski definition) is 3. The van der Waals surface area contributed by atoms with Gasteiger partial charge in [0.15, 0.2) is 0 Å². The van der Waals surface area contributed by atoms with Crippen LogP contribution < -0.4 is 5.73 Å². The van der Waals surface area contributed by atoms with Crippen LogP contribution in [0.25, 0.3) is 5.57 Å². The predicted molar refractivity (Wildman–Crippen MR) is 166 cm³/mol. The van der Waals surface area contributed by atoms with E-state index in [4.69, 9.17) is 10.8 Å². The number of nitrogens with two attached hydrogens (primary N) is 1. The van der Waals surface area contributed by atoms with Gasteiger partial charge in [-0.25, -0.2) is 0 Å². The molecule has 0 radical (unpaired) electrons. The van der Waals surface area contributed by atoms with Gasteiger partial charge in [0.1, 0.15) is 5.82 Å². The van der Waals surface area contributed by atoms with Gasteiger partial charge in [-0.05, 0) is 114 Å². The van der Waals surface area contributed by atoms with E-state index in [0.717, 1.165) is 69.3 Å². The highest BCUT2D eigenvalue weighted by Gasteiger charge is 2.70. The van der Waals surface area contributed by atoms with Crippen molar-refractivity contribution in [3.63, 3.8) is 0 Å². The summed E-state index contributed by atoms with van der Waals surface area (Å²) in [5, 5.41) is 18.8. The van der Waals surface area contributed by atoms with Crippen molar-refractivity contribution >= 4 is 17.4 Å². The minimum absolute atomic E-state index is 0.0384. The normalized spacial score (nSPS) is 41.5. The molecule has 6 nitrogen and oxygen atoms in total. The summed E-state index contributed by atoms with van der Waals surface area (Å²) >= 11 is 0. The fraction of sp³-hybridized carbons (Fsp3) is 0.694. The van der Waals surface area contributed by atoms with E-state index in [9.17, 15) is 9.90 Å². The van der Waals surface area contributed by atoms with Crippen molar-refractivity contribution < 1.29 is 9.90 Å². The third kappa shape index (κ3) is 3.36. The number of rotatable bonds is 2. The van der Waals surface area contributed by atoms with E-state index >= 15 is 0 Å². The number of aliphatic carboxylic acids is 1. The summed E-state index contributed by atoms with van der Waals surface area (Å²) < 4.78 is 0. The van der Waals surface area contributed by atoms with Crippen LogP contribution in [0.2, 0.25) is 0 Å². The van der Waals surface area contributed by atoms with Crippen molar-refractivity contribution in [3.8, 4) is 0 Å². The van der Waals surface area contributed by atoms with Crippen LogP contribution in [0, 0.1) is 44.8 Å². The maximum Gasteiger partial charge on any atom is 0.310 e. The summed E-state index contributed by atoms with van der Waals surface area (Å²) in [6.07, 6.45) is 12.5. The first kappa shape index (κ1) is 28.2. The Bertz CT molecular complexity index is 1490. The quantitative estimate of drug-likeness (QED) is 0.341. The molecule has 0 saturated heterocycles. The Balaban J connectivity index is 1.48. The maximum atomic E-state index is 13.3. The van der Waals surface area contributed by atoms with Crippen molar-refractivity contribution in [2.45, 2.75) is 112 Å². The zero-order valence-electron chi connectivity index (χ0n) is 26.7. The Morgan fingerprint density at radius 3 is 2.45 bits per heavy atom. The summed E-state index contributed by atoms with van der Waals surface area (Å²) in [6, 6.07) is 4.28. The molecule has 0 bridgehead atoms. The molecule has 2 heterocycles. The molecule has 7 unspecified atom stereocenters. The highest BCUT2D eigenvalue weighted by atomic mass is 16.4. The van der Waals surface area contributed by atoms with Gasteiger partial charge in [-0.15, -0.1) is 0 Å². The summed E-state index contributed by atoms with van der Waals surface area (Å²) in [5.74, 6) is 1.12. The lowest BCUT2D eigenvalue weighted by molar-refractivity contribution is -0.175. The molecule has 6 heteroatoms. The maximum absolute atomic E-state index is 13.3. The molecule has 42 heavy (non-hydrogen) atoms. The molecule has 0 aliphatic heterocycles. The number of hydrogen-bond acceptors (Lipinski definition) is 4. The Morgan fingerprint density at radius 2 is 1.76 bits per heavy atom. The van der Waals surface area contributed by atoms with Crippen LogP contribution in [0.5, 0.6) is 0 Å². The van der Waals surface area contributed by atoms with Gasteiger partial charge in [-0.1, -0.05) is 60.1 Å². The molecular weight excluding hydrogens is 520 g/mol. The van der Waals surface area contributed by atoms with E-state index in [2.05, 4.69) is 70.7 Å². The van der Waals surface area contributed by atoms with Crippen molar-refractivity contribution in [3.05, 3.63) is 46.9 Å². The third-order valence-corrected chi connectivity index (χ3v) is 14.4. The number of aromatic amines is 1. The molecule has 5 aliphatic carbocycles. The number of carboxylic acid groups (broad SMARTS) is 1. The number of anilines is 1. The highest BCUT2D eigenvalue weighted by molar-refractivity contribution is 5.80. The molecule has 226 valence electrons. The number of allylic oxidation sites excluding steroid dienone is 2. The van der Waals surface area contributed by atoms with Crippen LogP contribution in [0.4, 0.5) is 5.82 Å². The Labute approximate surface area is 251 Å². The zero-order chi connectivity index (χ0) is 30.1. The molecule has 0 amide bonds. The average Bonchev–Trinajstić information content (AvgIpc) is 3.29. The summed E-state index contributed by atoms with van der Waals surface area (Å²) in [5.41, 5.74) is 12.4. The third-order valence-electron chi connectivity index (χ3n) is 14.4. The topological polar surface area (TPSA) is 105 Å². The molecule has 5 aliphatic rings. The van der Waals surface area contributed by atoms with Gasteiger partial charge >= 0.3 is 5.97 Å². The largest absolute Gasteiger partial charge is 0.481 e. The van der Waals surface area contributed by atoms with Crippen molar-refractivity contribution in [1.82, 2.24) is 15.2 Å². The number of nitrogens with zero attached hydrogens (tertiary/aromatic N) is 2. The molecule has 3 fully saturated rings. The van der Waals surface area contributed by atoms with Gasteiger partial charge in [0.05, 0.1) is 11.1 Å². The van der Waals surface area contributed by atoms with Crippen LogP contribution in [-0.2, 0) is 16.6 Å². The van der Waals surface area contributed by atoms with E-state index in [1.54, 1.807) is 0 Å². The minimum atomic E-state index is -0.672. The number of nitrogens with one attached hydrogen (secondary N) is 1. The number of aromatic nitrogens is 3. The molecule has 0 aromatic carbocycles. The van der Waals surface area contributed by atoms with Crippen molar-refractivity contribution in [1.29, 1.82) is 0 Å². The summed E-state index contributed by atoms with van der Waals surface area (Å²) in [7, 11) is 0.